The van der Waals surface area contributed by atoms with Crippen molar-refractivity contribution in [2.75, 3.05) is 24.6 Å². The van der Waals surface area contributed by atoms with Crippen molar-refractivity contribution in [3.8, 4) is 5.88 Å². The molecule has 0 bridgehead atoms. The van der Waals surface area contributed by atoms with E-state index in [9.17, 15) is 18.0 Å². The summed E-state index contributed by atoms with van der Waals surface area (Å²) in [6, 6.07) is 6.67. The average molecular weight is 449 g/mol. The van der Waals surface area contributed by atoms with Crippen LogP contribution < -0.4 is 15.0 Å². The summed E-state index contributed by atoms with van der Waals surface area (Å²) < 4.78 is 45.3. The fourth-order valence-corrected chi connectivity index (χ4v) is 3.62. The highest BCUT2D eigenvalue weighted by Gasteiger charge is 2.38. The van der Waals surface area contributed by atoms with Crippen LogP contribution in [0.2, 0.25) is 0 Å². The van der Waals surface area contributed by atoms with Crippen molar-refractivity contribution in [3.63, 3.8) is 0 Å². The zero-order valence-electron chi connectivity index (χ0n) is 17.3. The first-order valence-corrected chi connectivity index (χ1v) is 10.2. The average Bonchev–Trinajstić information content (AvgIpc) is 3.22. The number of rotatable bonds is 6. The first kappa shape index (κ1) is 21.8. The van der Waals surface area contributed by atoms with Gasteiger partial charge in [0.1, 0.15) is 5.82 Å². The smallest absolute Gasteiger partial charge is 0.453 e. The molecular weight excluding hydrogens is 427 g/mol. The van der Waals surface area contributed by atoms with E-state index in [4.69, 9.17) is 4.74 Å². The Labute approximate surface area is 181 Å². The number of amides is 1. The third-order valence-corrected chi connectivity index (χ3v) is 5.25. The zero-order chi connectivity index (χ0) is 22.7. The maximum absolute atomic E-state index is 13.1. The largest absolute Gasteiger partial charge is 0.478 e. The van der Waals surface area contributed by atoms with Crippen molar-refractivity contribution in [1.82, 2.24) is 30.1 Å². The molecule has 1 N–H and O–H groups in total. The molecule has 1 fully saturated rings. The summed E-state index contributed by atoms with van der Waals surface area (Å²) in [5, 5.41) is 13.7. The predicted molar refractivity (Wildman–Crippen MR) is 108 cm³/mol. The lowest BCUT2D eigenvalue weighted by Crippen LogP contribution is -2.40. The van der Waals surface area contributed by atoms with Crippen LogP contribution >= 0.6 is 0 Å². The van der Waals surface area contributed by atoms with E-state index in [1.807, 2.05) is 17.9 Å². The molecule has 0 spiro atoms. The Balaban J connectivity index is 1.35. The minimum absolute atomic E-state index is 0.0268. The third-order valence-electron chi connectivity index (χ3n) is 5.25. The van der Waals surface area contributed by atoms with E-state index in [1.165, 1.54) is 6.07 Å². The molecule has 3 aromatic heterocycles. The van der Waals surface area contributed by atoms with Gasteiger partial charge in [0, 0.05) is 37.8 Å². The van der Waals surface area contributed by atoms with Gasteiger partial charge in [-0.3, -0.25) is 4.79 Å². The molecule has 170 valence electrons. The van der Waals surface area contributed by atoms with Crippen molar-refractivity contribution >= 4 is 17.4 Å². The third kappa shape index (κ3) is 4.73. The highest BCUT2D eigenvalue weighted by atomic mass is 19.4. The Hall–Kier alpha value is -3.44. The van der Waals surface area contributed by atoms with E-state index in [2.05, 4.69) is 25.6 Å². The summed E-state index contributed by atoms with van der Waals surface area (Å²) in [5.41, 5.74) is 0.917. The Kier molecular flexibility index (Phi) is 6.10. The van der Waals surface area contributed by atoms with Crippen LogP contribution in [0.4, 0.5) is 19.0 Å². The molecule has 0 radical (unpaired) electrons. The summed E-state index contributed by atoms with van der Waals surface area (Å²) in [5.74, 6) is -0.488. The number of carbonyl (C=O) groups excluding carboxylic acids is 1. The number of aromatic nitrogens is 5. The van der Waals surface area contributed by atoms with Crippen molar-refractivity contribution in [2.45, 2.75) is 32.5 Å². The van der Waals surface area contributed by atoms with Gasteiger partial charge >= 0.3 is 6.18 Å². The molecule has 3 aromatic rings. The zero-order valence-corrected chi connectivity index (χ0v) is 17.3. The fourth-order valence-electron chi connectivity index (χ4n) is 3.62. The lowest BCUT2D eigenvalue weighted by Gasteiger charge is -2.32. The molecular formula is C20H22F3N7O2. The normalized spacial score (nSPS) is 15.2. The minimum atomic E-state index is -4.64. The SMILES string of the molecule is CCOc1cc(CNC(=O)C2CCN(c3ccc4nnc(C(F)(F)F)n4n3)CC2)ccn1. The first-order chi connectivity index (χ1) is 15.3. The van der Waals surface area contributed by atoms with E-state index in [-0.39, 0.29) is 17.5 Å². The van der Waals surface area contributed by atoms with Crippen LogP contribution in [0.15, 0.2) is 30.5 Å². The highest BCUT2D eigenvalue weighted by Crippen LogP contribution is 2.28. The van der Waals surface area contributed by atoms with Crippen LogP contribution in [-0.2, 0) is 17.5 Å². The summed E-state index contributed by atoms with van der Waals surface area (Å²) in [6.07, 6.45) is -1.87. The van der Waals surface area contributed by atoms with Gasteiger partial charge in [-0.05, 0) is 43.5 Å². The molecule has 1 amide bonds. The highest BCUT2D eigenvalue weighted by molar-refractivity contribution is 5.79. The Bertz CT molecular complexity index is 1090. The molecule has 1 aliphatic heterocycles. The van der Waals surface area contributed by atoms with Gasteiger partial charge in [0.25, 0.3) is 5.82 Å². The first-order valence-electron chi connectivity index (χ1n) is 10.2. The van der Waals surface area contributed by atoms with Gasteiger partial charge in [0.2, 0.25) is 11.8 Å². The molecule has 1 aliphatic rings. The lowest BCUT2D eigenvalue weighted by molar-refractivity contribution is -0.146. The predicted octanol–water partition coefficient (Wildman–Crippen LogP) is 2.47. The summed E-state index contributed by atoms with van der Waals surface area (Å²) >= 11 is 0. The van der Waals surface area contributed by atoms with Gasteiger partial charge in [0.15, 0.2) is 5.65 Å². The summed E-state index contributed by atoms with van der Waals surface area (Å²) in [7, 11) is 0. The molecule has 1 saturated heterocycles. The van der Waals surface area contributed by atoms with Crippen LogP contribution in [-0.4, -0.2) is 50.4 Å². The summed E-state index contributed by atoms with van der Waals surface area (Å²) in [6.45, 7) is 3.76. The maximum Gasteiger partial charge on any atom is 0.453 e. The van der Waals surface area contributed by atoms with Gasteiger partial charge in [-0.1, -0.05) is 0 Å². The quantitative estimate of drug-likeness (QED) is 0.617. The summed E-state index contributed by atoms with van der Waals surface area (Å²) in [4.78, 5) is 18.5. The molecule has 9 nitrogen and oxygen atoms in total. The second-order valence-electron chi connectivity index (χ2n) is 7.40. The van der Waals surface area contributed by atoms with Gasteiger partial charge in [-0.15, -0.1) is 15.3 Å². The van der Waals surface area contributed by atoms with Crippen LogP contribution in [0.25, 0.3) is 5.65 Å². The number of anilines is 1. The fraction of sp³-hybridized carbons (Fsp3) is 0.450. The Morgan fingerprint density at radius 2 is 2.00 bits per heavy atom. The standard InChI is InChI=1S/C20H22F3N7O2/c1-2-32-17-11-13(5-8-24-17)12-25-18(31)14-6-9-29(10-7-14)16-4-3-15-26-27-19(20(21,22)23)30(15)28-16/h3-5,8,11,14H,2,6-7,9-10,12H2,1H3,(H,25,31). The number of carbonyl (C=O) groups is 1. The minimum Gasteiger partial charge on any atom is -0.478 e. The number of fused-ring (bicyclic) bond motifs is 1. The Morgan fingerprint density at radius 1 is 1.22 bits per heavy atom. The monoisotopic (exact) mass is 449 g/mol. The number of hydrogen-bond acceptors (Lipinski definition) is 7. The molecule has 0 atom stereocenters. The molecule has 32 heavy (non-hydrogen) atoms. The van der Waals surface area contributed by atoms with Crippen LogP contribution in [0.1, 0.15) is 31.2 Å². The topological polar surface area (TPSA) is 97.5 Å². The van der Waals surface area contributed by atoms with Gasteiger partial charge < -0.3 is 15.0 Å². The van der Waals surface area contributed by atoms with Crippen molar-refractivity contribution in [3.05, 3.63) is 41.9 Å². The van der Waals surface area contributed by atoms with E-state index in [0.717, 1.165) is 5.56 Å². The lowest BCUT2D eigenvalue weighted by atomic mass is 9.96. The van der Waals surface area contributed by atoms with Crippen molar-refractivity contribution in [2.24, 2.45) is 5.92 Å². The Morgan fingerprint density at radius 3 is 2.72 bits per heavy atom. The second-order valence-corrected chi connectivity index (χ2v) is 7.40. The van der Waals surface area contributed by atoms with Crippen LogP contribution in [0.5, 0.6) is 5.88 Å². The second kappa shape index (κ2) is 8.97. The van der Waals surface area contributed by atoms with Gasteiger partial charge in [-0.2, -0.15) is 17.7 Å². The number of hydrogen-bond donors (Lipinski definition) is 1. The van der Waals surface area contributed by atoms with E-state index in [1.54, 1.807) is 18.3 Å². The molecule has 4 heterocycles. The number of ether oxygens (including phenoxy) is 1. The van der Waals surface area contributed by atoms with Gasteiger partial charge in [-0.25, -0.2) is 4.98 Å². The molecule has 0 unspecified atom stereocenters. The molecule has 0 aliphatic carbocycles. The van der Waals surface area contributed by atoms with Crippen LogP contribution in [0, 0.1) is 5.92 Å². The maximum atomic E-state index is 13.1. The number of halogens is 3. The number of pyridine rings is 1. The van der Waals surface area contributed by atoms with Crippen molar-refractivity contribution < 1.29 is 22.7 Å². The van der Waals surface area contributed by atoms with Gasteiger partial charge in [0.05, 0.1) is 6.61 Å². The molecule has 0 saturated carbocycles. The molecule has 0 aromatic carbocycles. The number of alkyl halides is 3. The molecule has 4 rings (SSSR count). The molecule has 12 heteroatoms. The number of nitrogens with one attached hydrogen (secondary N) is 1. The van der Waals surface area contributed by atoms with E-state index < -0.39 is 12.0 Å². The number of piperidine rings is 1. The van der Waals surface area contributed by atoms with E-state index in [0.29, 0.717) is 55.3 Å². The van der Waals surface area contributed by atoms with E-state index >= 15 is 0 Å². The van der Waals surface area contributed by atoms with Crippen LogP contribution in [0.3, 0.4) is 0 Å². The number of nitrogens with zero attached hydrogens (tertiary/aromatic N) is 6. The van der Waals surface area contributed by atoms with Crippen molar-refractivity contribution in [1.29, 1.82) is 0 Å².